The lowest BCUT2D eigenvalue weighted by Gasteiger charge is -2.15. The molecule has 1 fully saturated rings. The summed E-state index contributed by atoms with van der Waals surface area (Å²) in [7, 11) is 0. The highest BCUT2D eigenvalue weighted by atomic mass is 16.1. The fourth-order valence-electron chi connectivity index (χ4n) is 2.77. The van der Waals surface area contributed by atoms with Crippen LogP contribution in [0.3, 0.4) is 0 Å². The SMILES string of the molecule is CCCC(C)NC(=O)c1ccc(CN2CCCC2)cc1. The van der Waals surface area contributed by atoms with E-state index in [0.717, 1.165) is 24.9 Å². The van der Waals surface area contributed by atoms with Gasteiger partial charge in [0.25, 0.3) is 5.91 Å². The van der Waals surface area contributed by atoms with Crippen molar-refractivity contribution in [1.29, 1.82) is 0 Å². The third-order valence-corrected chi connectivity index (χ3v) is 3.92. The fourth-order valence-corrected chi connectivity index (χ4v) is 2.77. The number of carbonyl (C=O) groups excluding carboxylic acids is 1. The minimum absolute atomic E-state index is 0.0404. The van der Waals surface area contributed by atoms with Crippen molar-refractivity contribution >= 4 is 5.91 Å². The molecule has 1 amide bonds. The Morgan fingerprint density at radius 2 is 1.90 bits per heavy atom. The van der Waals surface area contributed by atoms with Gasteiger partial charge in [-0.05, 0) is 57.0 Å². The van der Waals surface area contributed by atoms with E-state index in [1.807, 2.05) is 12.1 Å². The number of likely N-dealkylation sites (tertiary alicyclic amines) is 1. The fraction of sp³-hybridized carbons (Fsp3) is 0.588. The Kier molecular flexibility index (Phi) is 5.60. The molecule has 3 nitrogen and oxygen atoms in total. The van der Waals surface area contributed by atoms with Gasteiger partial charge in [0.15, 0.2) is 0 Å². The molecule has 110 valence electrons. The van der Waals surface area contributed by atoms with Gasteiger partial charge in [-0.15, -0.1) is 0 Å². The number of benzene rings is 1. The van der Waals surface area contributed by atoms with E-state index < -0.39 is 0 Å². The molecule has 0 bridgehead atoms. The number of amides is 1. The molecule has 1 aliphatic rings. The van der Waals surface area contributed by atoms with Crippen molar-refractivity contribution in [3.05, 3.63) is 35.4 Å². The normalized spacial score (nSPS) is 17.1. The molecule has 3 heteroatoms. The quantitative estimate of drug-likeness (QED) is 0.864. The van der Waals surface area contributed by atoms with Crippen LogP contribution in [0.15, 0.2) is 24.3 Å². The molecule has 0 aliphatic carbocycles. The maximum absolute atomic E-state index is 12.1. The van der Waals surface area contributed by atoms with Gasteiger partial charge in [-0.1, -0.05) is 25.5 Å². The summed E-state index contributed by atoms with van der Waals surface area (Å²) in [5.74, 6) is 0.0404. The van der Waals surface area contributed by atoms with Gasteiger partial charge in [-0.3, -0.25) is 9.69 Å². The van der Waals surface area contributed by atoms with Crippen molar-refractivity contribution in [1.82, 2.24) is 10.2 Å². The van der Waals surface area contributed by atoms with Gasteiger partial charge in [0, 0.05) is 18.2 Å². The third kappa shape index (κ3) is 4.34. The molecular weight excluding hydrogens is 248 g/mol. The van der Waals surface area contributed by atoms with Crippen molar-refractivity contribution < 1.29 is 4.79 Å². The minimum Gasteiger partial charge on any atom is -0.350 e. The van der Waals surface area contributed by atoms with E-state index >= 15 is 0 Å². The van der Waals surface area contributed by atoms with Crippen molar-refractivity contribution in [2.75, 3.05) is 13.1 Å². The first-order valence-electron chi connectivity index (χ1n) is 7.81. The first-order valence-corrected chi connectivity index (χ1v) is 7.81. The Labute approximate surface area is 122 Å². The molecule has 0 radical (unpaired) electrons. The maximum Gasteiger partial charge on any atom is 0.251 e. The van der Waals surface area contributed by atoms with Crippen LogP contribution in [0.5, 0.6) is 0 Å². The topological polar surface area (TPSA) is 32.3 Å². The van der Waals surface area contributed by atoms with E-state index in [4.69, 9.17) is 0 Å². The van der Waals surface area contributed by atoms with Gasteiger partial charge in [0.1, 0.15) is 0 Å². The van der Waals surface area contributed by atoms with Crippen molar-refractivity contribution in [2.45, 2.75) is 52.1 Å². The van der Waals surface area contributed by atoms with Gasteiger partial charge < -0.3 is 5.32 Å². The van der Waals surface area contributed by atoms with E-state index in [2.05, 4.69) is 36.2 Å². The Morgan fingerprint density at radius 1 is 1.25 bits per heavy atom. The van der Waals surface area contributed by atoms with Crippen LogP contribution >= 0.6 is 0 Å². The van der Waals surface area contributed by atoms with Gasteiger partial charge in [-0.25, -0.2) is 0 Å². The Bertz CT molecular complexity index is 421. The molecule has 2 rings (SSSR count). The standard InChI is InChI=1S/C17H26N2O/c1-3-6-14(2)18-17(20)16-9-7-15(8-10-16)13-19-11-4-5-12-19/h7-10,14H,3-6,11-13H2,1-2H3,(H,18,20). The molecule has 1 unspecified atom stereocenters. The summed E-state index contributed by atoms with van der Waals surface area (Å²) in [6.07, 6.45) is 4.75. The second-order valence-electron chi connectivity index (χ2n) is 5.84. The Morgan fingerprint density at radius 3 is 2.50 bits per heavy atom. The molecule has 1 aromatic rings. The van der Waals surface area contributed by atoms with E-state index in [0.29, 0.717) is 0 Å². The summed E-state index contributed by atoms with van der Waals surface area (Å²) in [5.41, 5.74) is 2.06. The van der Waals surface area contributed by atoms with Crippen molar-refractivity contribution in [2.24, 2.45) is 0 Å². The molecule has 1 N–H and O–H groups in total. The largest absolute Gasteiger partial charge is 0.350 e. The monoisotopic (exact) mass is 274 g/mol. The Hall–Kier alpha value is -1.35. The van der Waals surface area contributed by atoms with Gasteiger partial charge in [0.2, 0.25) is 0 Å². The van der Waals surface area contributed by atoms with Crippen LogP contribution in [-0.4, -0.2) is 29.9 Å². The smallest absolute Gasteiger partial charge is 0.251 e. The van der Waals surface area contributed by atoms with Crippen LogP contribution in [0, 0.1) is 0 Å². The van der Waals surface area contributed by atoms with Crippen molar-refractivity contribution in [3.63, 3.8) is 0 Å². The molecule has 1 aromatic carbocycles. The number of carbonyl (C=O) groups is 1. The molecule has 1 aliphatic heterocycles. The molecule has 1 atom stereocenters. The average molecular weight is 274 g/mol. The third-order valence-electron chi connectivity index (χ3n) is 3.92. The van der Waals surface area contributed by atoms with E-state index in [1.165, 1.54) is 31.5 Å². The maximum atomic E-state index is 12.1. The summed E-state index contributed by atoms with van der Waals surface area (Å²) in [6.45, 7) is 7.61. The zero-order valence-corrected chi connectivity index (χ0v) is 12.7. The molecule has 20 heavy (non-hydrogen) atoms. The Balaban J connectivity index is 1.88. The summed E-state index contributed by atoms with van der Waals surface area (Å²) < 4.78 is 0. The second kappa shape index (κ2) is 7.44. The van der Waals surface area contributed by atoms with E-state index in [-0.39, 0.29) is 11.9 Å². The number of hydrogen-bond donors (Lipinski definition) is 1. The summed E-state index contributed by atoms with van der Waals surface area (Å²) >= 11 is 0. The lowest BCUT2D eigenvalue weighted by Crippen LogP contribution is -2.32. The van der Waals surface area contributed by atoms with Crippen LogP contribution in [0.25, 0.3) is 0 Å². The minimum atomic E-state index is 0.0404. The molecule has 1 saturated heterocycles. The number of hydrogen-bond acceptors (Lipinski definition) is 2. The predicted molar refractivity (Wildman–Crippen MR) is 82.8 cm³/mol. The van der Waals surface area contributed by atoms with Crippen LogP contribution < -0.4 is 5.32 Å². The van der Waals surface area contributed by atoms with Crippen LogP contribution in [0.4, 0.5) is 0 Å². The lowest BCUT2D eigenvalue weighted by molar-refractivity contribution is 0.0938. The van der Waals surface area contributed by atoms with Crippen LogP contribution in [-0.2, 0) is 6.54 Å². The highest BCUT2D eigenvalue weighted by Crippen LogP contribution is 2.13. The van der Waals surface area contributed by atoms with Crippen LogP contribution in [0.1, 0.15) is 55.5 Å². The first-order chi connectivity index (χ1) is 9.69. The highest BCUT2D eigenvalue weighted by molar-refractivity contribution is 5.94. The molecule has 0 saturated carbocycles. The lowest BCUT2D eigenvalue weighted by atomic mass is 10.1. The summed E-state index contributed by atoms with van der Waals surface area (Å²) in [4.78, 5) is 14.5. The van der Waals surface area contributed by atoms with Crippen LogP contribution in [0.2, 0.25) is 0 Å². The number of nitrogens with zero attached hydrogens (tertiary/aromatic N) is 1. The van der Waals surface area contributed by atoms with E-state index in [1.54, 1.807) is 0 Å². The molecule has 1 heterocycles. The second-order valence-corrected chi connectivity index (χ2v) is 5.84. The molecule has 0 spiro atoms. The number of nitrogens with one attached hydrogen (secondary N) is 1. The average Bonchev–Trinajstić information content (AvgIpc) is 2.92. The van der Waals surface area contributed by atoms with Crippen molar-refractivity contribution in [3.8, 4) is 0 Å². The zero-order valence-electron chi connectivity index (χ0n) is 12.7. The van der Waals surface area contributed by atoms with Gasteiger partial charge in [0.05, 0.1) is 0 Å². The zero-order chi connectivity index (χ0) is 14.4. The predicted octanol–water partition coefficient (Wildman–Crippen LogP) is 3.20. The first kappa shape index (κ1) is 15.0. The number of rotatable bonds is 6. The molecular formula is C17H26N2O. The molecule has 0 aromatic heterocycles. The van der Waals surface area contributed by atoms with Gasteiger partial charge >= 0.3 is 0 Å². The van der Waals surface area contributed by atoms with E-state index in [9.17, 15) is 4.79 Å². The highest BCUT2D eigenvalue weighted by Gasteiger charge is 2.12. The summed E-state index contributed by atoms with van der Waals surface area (Å²) in [6, 6.07) is 8.30. The van der Waals surface area contributed by atoms with Gasteiger partial charge in [-0.2, -0.15) is 0 Å². The summed E-state index contributed by atoms with van der Waals surface area (Å²) in [5, 5.41) is 3.04.